The Hall–Kier alpha value is -2.29. The molecule has 2 N–H and O–H groups in total. The molecule has 0 unspecified atom stereocenters. The number of nitrogens with zero attached hydrogens (tertiary/aromatic N) is 1. The lowest BCUT2D eigenvalue weighted by molar-refractivity contribution is -0.115. The van der Waals surface area contributed by atoms with Crippen molar-refractivity contribution in [1.29, 1.82) is 0 Å². The normalized spacial score (nSPS) is 12.8. The number of benzene rings is 2. The molecule has 0 radical (unpaired) electrons. The monoisotopic (exact) mass is 407 g/mol. The van der Waals surface area contributed by atoms with E-state index in [9.17, 15) is 17.6 Å². The topological polar surface area (TPSA) is 78.5 Å². The van der Waals surface area contributed by atoms with Crippen molar-refractivity contribution >= 4 is 21.6 Å². The van der Waals surface area contributed by atoms with E-state index in [0.717, 1.165) is 5.56 Å². The van der Waals surface area contributed by atoms with Crippen LogP contribution in [-0.4, -0.2) is 38.3 Å². The van der Waals surface area contributed by atoms with Crippen LogP contribution in [0.25, 0.3) is 0 Å². The molecule has 2 rings (SSSR count). The summed E-state index contributed by atoms with van der Waals surface area (Å²) in [6, 6.07) is 12.1. The van der Waals surface area contributed by atoms with E-state index in [-0.39, 0.29) is 29.2 Å². The Bertz CT molecular complexity index is 914. The van der Waals surface area contributed by atoms with Crippen molar-refractivity contribution in [1.82, 2.24) is 9.62 Å². The maximum atomic E-state index is 13.3. The minimum Gasteiger partial charge on any atom is -0.325 e. The van der Waals surface area contributed by atoms with E-state index in [1.54, 1.807) is 38.1 Å². The van der Waals surface area contributed by atoms with Crippen molar-refractivity contribution in [3.8, 4) is 0 Å². The molecule has 8 heteroatoms. The summed E-state index contributed by atoms with van der Waals surface area (Å²) in [7, 11) is -3.59. The third-order valence-electron chi connectivity index (χ3n) is 4.38. The second-order valence-electron chi connectivity index (χ2n) is 6.32. The van der Waals surface area contributed by atoms with Crippen molar-refractivity contribution in [3.63, 3.8) is 0 Å². The van der Waals surface area contributed by atoms with Crippen LogP contribution in [0.3, 0.4) is 0 Å². The van der Waals surface area contributed by atoms with Crippen LogP contribution < -0.4 is 10.6 Å². The molecule has 0 aromatic heterocycles. The number of hydrogen-bond donors (Lipinski definition) is 2. The van der Waals surface area contributed by atoms with Crippen molar-refractivity contribution in [3.05, 3.63) is 59.9 Å². The molecule has 28 heavy (non-hydrogen) atoms. The van der Waals surface area contributed by atoms with E-state index in [4.69, 9.17) is 0 Å². The number of nitrogens with one attached hydrogen (secondary N) is 2. The van der Waals surface area contributed by atoms with E-state index in [1.807, 2.05) is 6.92 Å². The summed E-state index contributed by atoms with van der Waals surface area (Å²) in [6.07, 6.45) is 0. The van der Waals surface area contributed by atoms with Crippen molar-refractivity contribution in [2.45, 2.75) is 31.7 Å². The smallest absolute Gasteiger partial charge is 0.243 e. The first-order chi connectivity index (χ1) is 13.3. The van der Waals surface area contributed by atoms with E-state index in [2.05, 4.69) is 10.6 Å². The van der Waals surface area contributed by atoms with Gasteiger partial charge in [-0.15, -0.1) is 0 Å². The van der Waals surface area contributed by atoms with Gasteiger partial charge in [0.25, 0.3) is 0 Å². The average Bonchev–Trinajstić information content (AvgIpc) is 2.67. The molecule has 0 saturated heterocycles. The van der Waals surface area contributed by atoms with Crippen LogP contribution >= 0.6 is 0 Å². The third-order valence-corrected chi connectivity index (χ3v) is 6.42. The zero-order valence-electron chi connectivity index (χ0n) is 16.3. The van der Waals surface area contributed by atoms with Gasteiger partial charge in [-0.2, -0.15) is 4.31 Å². The molecule has 1 atom stereocenters. The van der Waals surface area contributed by atoms with Crippen LogP contribution in [0.1, 0.15) is 32.4 Å². The van der Waals surface area contributed by atoms with Gasteiger partial charge in [-0.25, -0.2) is 12.8 Å². The van der Waals surface area contributed by atoms with E-state index in [0.29, 0.717) is 18.8 Å². The fourth-order valence-electron chi connectivity index (χ4n) is 2.79. The van der Waals surface area contributed by atoms with Crippen molar-refractivity contribution < 1.29 is 17.6 Å². The van der Waals surface area contributed by atoms with Gasteiger partial charge in [0.05, 0.1) is 11.4 Å². The Labute approximate surface area is 165 Å². The largest absolute Gasteiger partial charge is 0.325 e. The van der Waals surface area contributed by atoms with Gasteiger partial charge < -0.3 is 10.6 Å². The quantitative estimate of drug-likeness (QED) is 0.669. The highest BCUT2D eigenvalue weighted by atomic mass is 32.2. The van der Waals surface area contributed by atoms with Crippen LogP contribution in [-0.2, 0) is 14.8 Å². The first kappa shape index (κ1) is 22.0. The number of hydrogen-bond acceptors (Lipinski definition) is 4. The molecule has 0 spiro atoms. The summed E-state index contributed by atoms with van der Waals surface area (Å²) in [5, 5.41) is 5.71. The van der Waals surface area contributed by atoms with Crippen LogP contribution in [0.5, 0.6) is 0 Å². The summed E-state index contributed by atoms with van der Waals surface area (Å²) < 4.78 is 39.9. The molecular weight excluding hydrogens is 381 g/mol. The van der Waals surface area contributed by atoms with Gasteiger partial charge in [-0.1, -0.05) is 32.0 Å². The minimum atomic E-state index is -3.59. The number of amides is 1. The Kier molecular flexibility index (Phi) is 7.68. The second-order valence-corrected chi connectivity index (χ2v) is 8.26. The van der Waals surface area contributed by atoms with E-state index < -0.39 is 10.0 Å². The van der Waals surface area contributed by atoms with Gasteiger partial charge in [-0.05, 0) is 42.8 Å². The predicted molar refractivity (Wildman–Crippen MR) is 108 cm³/mol. The summed E-state index contributed by atoms with van der Waals surface area (Å²) in [4.78, 5) is 12.3. The summed E-state index contributed by atoms with van der Waals surface area (Å²) in [6.45, 7) is 6.13. The first-order valence-corrected chi connectivity index (χ1v) is 10.6. The fourth-order valence-corrected chi connectivity index (χ4v) is 4.30. The predicted octanol–water partition coefficient (Wildman–Crippen LogP) is 3.15. The SMILES string of the molecule is CCN(CC)S(=O)(=O)c1cccc(NC(=O)CN[C@@H](C)c2cccc(F)c2)c1. The number of halogens is 1. The molecule has 0 fully saturated rings. The van der Waals surface area contributed by atoms with Crippen molar-refractivity contribution in [2.75, 3.05) is 25.0 Å². The molecule has 0 aliphatic carbocycles. The molecule has 0 saturated carbocycles. The van der Waals surface area contributed by atoms with E-state index in [1.165, 1.54) is 28.6 Å². The minimum absolute atomic E-state index is 0.00467. The van der Waals surface area contributed by atoms with Gasteiger partial charge in [0.2, 0.25) is 15.9 Å². The third kappa shape index (κ3) is 5.60. The Balaban J connectivity index is 2.01. The molecule has 1 amide bonds. The first-order valence-electron chi connectivity index (χ1n) is 9.16. The molecule has 2 aromatic carbocycles. The van der Waals surface area contributed by atoms with Gasteiger partial charge in [-0.3, -0.25) is 4.79 Å². The van der Waals surface area contributed by atoms with Crippen LogP contribution in [0.15, 0.2) is 53.4 Å². The van der Waals surface area contributed by atoms with Gasteiger partial charge in [0.15, 0.2) is 0 Å². The Morgan fingerprint density at radius 1 is 1.11 bits per heavy atom. The Morgan fingerprint density at radius 3 is 2.43 bits per heavy atom. The maximum absolute atomic E-state index is 13.3. The number of rotatable bonds is 9. The molecule has 6 nitrogen and oxygen atoms in total. The number of anilines is 1. The lowest BCUT2D eigenvalue weighted by Gasteiger charge is -2.19. The van der Waals surface area contributed by atoms with Crippen LogP contribution in [0.4, 0.5) is 10.1 Å². The van der Waals surface area contributed by atoms with Gasteiger partial charge >= 0.3 is 0 Å². The molecule has 0 aliphatic heterocycles. The zero-order valence-corrected chi connectivity index (χ0v) is 17.1. The summed E-state index contributed by atoms with van der Waals surface area (Å²) in [5.74, 6) is -0.650. The fraction of sp³-hybridized carbons (Fsp3) is 0.350. The Morgan fingerprint density at radius 2 is 1.79 bits per heavy atom. The standard InChI is InChI=1S/C20H26FN3O3S/c1-4-24(5-2)28(26,27)19-11-7-10-18(13-19)23-20(25)14-22-15(3)16-8-6-9-17(21)12-16/h6-13,15,22H,4-5,14H2,1-3H3,(H,23,25)/t15-/m0/s1. The molecule has 0 bridgehead atoms. The number of carbonyl (C=O) groups is 1. The molecule has 0 heterocycles. The van der Waals surface area contributed by atoms with Gasteiger partial charge in [0.1, 0.15) is 5.82 Å². The maximum Gasteiger partial charge on any atom is 0.243 e. The summed E-state index contributed by atoms with van der Waals surface area (Å²) >= 11 is 0. The van der Waals surface area contributed by atoms with Crippen molar-refractivity contribution in [2.24, 2.45) is 0 Å². The van der Waals surface area contributed by atoms with Gasteiger partial charge in [0, 0.05) is 24.8 Å². The highest BCUT2D eigenvalue weighted by Crippen LogP contribution is 2.19. The number of carbonyl (C=O) groups excluding carboxylic acids is 1. The highest BCUT2D eigenvalue weighted by Gasteiger charge is 2.21. The highest BCUT2D eigenvalue weighted by molar-refractivity contribution is 7.89. The molecular formula is C20H26FN3O3S. The lowest BCUT2D eigenvalue weighted by atomic mass is 10.1. The van der Waals surface area contributed by atoms with Crippen LogP contribution in [0.2, 0.25) is 0 Å². The zero-order chi connectivity index (χ0) is 20.7. The summed E-state index contributed by atoms with van der Waals surface area (Å²) in [5.41, 5.74) is 1.14. The van der Waals surface area contributed by atoms with E-state index >= 15 is 0 Å². The van der Waals surface area contributed by atoms with Crippen LogP contribution in [0, 0.1) is 5.82 Å². The number of sulfonamides is 1. The molecule has 2 aromatic rings. The average molecular weight is 408 g/mol. The molecule has 152 valence electrons. The lowest BCUT2D eigenvalue weighted by Crippen LogP contribution is -2.31. The molecule has 0 aliphatic rings. The second kappa shape index (κ2) is 9.77.